The van der Waals surface area contributed by atoms with Crippen LogP contribution < -0.4 is 11.1 Å². The monoisotopic (exact) mass is 157 g/mol. The van der Waals surface area contributed by atoms with Crippen LogP contribution in [0.3, 0.4) is 0 Å². The second kappa shape index (κ2) is 4.04. The van der Waals surface area contributed by atoms with E-state index < -0.39 is 0 Å². The van der Waals surface area contributed by atoms with Crippen molar-refractivity contribution < 1.29 is 0 Å². The second-order valence-electron chi connectivity index (χ2n) is 3.11. The minimum absolute atomic E-state index is 0.211. The Balaban J connectivity index is 2.41. The van der Waals surface area contributed by atoms with Crippen LogP contribution in [-0.4, -0.2) is 30.3 Å². The number of nitrogens with zero attached hydrogens (tertiary/aromatic N) is 1. The highest BCUT2D eigenvalue weighted by molar-refractivity contribution is 4.77. The van der Waals surface area contributed by atoms with E-state index >= 15 is 0 Å². The molecule has 3 heteroatoms. The van der Waals surface area contributed by atoms with Gasteiger partial charge in [0.05, 0.1) is 12.3 Å². The van der Waals surface area contributed by atoms with Crippen LogP contribution in [-0.2, 0) is 0 Å². The van der Waals surface area contributed by atoms with Gasteiger partial charge in [-0.25, -0.2) is 0 Å². The molecule has 1 aliphatic rings. The van der Waals surface area contributed by atoms with Crippen LogP contribution in [0.15, 0.2) is 0 Å². The van der Waals surface area contributed by atoms with Crippen molar-refractivity contribution in [3.05, 3.63) is 0 Å². The zero-order chi connectivity index (χ0) is 8.27. The lowest BCUT2D eigenvalue weighted by atomic mass is 10.2. The van der Waals surface area contributed by atoms with E-state index in [1.807, 2.05) is 0 Å². The van der Waals surface area contributed by atoms with Gasteiger partial charge in [-0.15, -0.1) is 0 Å². The van der Waals surface area contributed by atoms with E-state index in [2.05, 4.69) is 24.1 Å². The summed E-state index contributed by atoms with van der Waals surface area (Å²) in [5.41, 5.74) is 5.78. The highest BCUT2D eigenvalue weighted by atomic mass is 15.3. The third-order valence-electron chi connectivity index (χ3n) is 2.37. The average Bonchev–Trinajstić information content (AvgIpc) is 2.04. The molecule has 0 aromatic rings. The molecule has 1 aliphatic heterocycles. The van der Waals surface area contributed by atoms with Gasteiger partial charge in [-0.1, -0.05) is 13.8 Å². The highest BCUT2D eigenvalue weighted by Crippen LogP contribution is 2.08. The van der Waals surface area contributed by atoms with E-state index in [1.165, 1.54) is 0 Å². The summed E-state index contributed by atoms with van der Waals surface area (Å²) in [7, 11) is 0. The fourth-order valence-electron chi connectivity index (χ4n) is 1.65. The molecule has 3 nitrogen and oxygen atoms in total. The number of nitrogens with one attached hydrogen (secondary N) is 1. The molecule has 2 unspecified atom stereocenters. The molecule has 0 aromatic carbocycles. The van der Waals surface area contributed by atoms with Crippen molar-refractivity contribution in [1.82, 2.24) is 10.2 Å². The van der Waals surface area contributed by atoms with E-state index in [0.29, 0.717) is 6.17 Å². The van der Waals surface area contributed by atoms with Crippen molar-refractivity contribution in [2.45, 2.75) is 39.0 Å². The minimum atomic E-state index is 0.211. The summed E-state index contributed by atoms with van der Waals surface area (Å²) in [6.07, 6.45) is 2.93. The van der Waals surface area contributed by atoms with Gasteiger partial charge in [-0.2, -0.15) is 0 Å². The van der Waals surface area contributed by atoms with Gasteiger partial charge in [-0.3, -0.25) is 10.2 Å². The normalized spacial score (nSPS) is 34.1. The average molecular weight is 157 g/mol. The summed E-state index contributed by atoms with van der Waals surface area (Å²) >= 11 is 0. The fourth-order valence-corrected chi connectivity index (χ4v) is 1.65. The molecular weight excluding hydrogens is 138 g/mol. The summed E-state index contributed by atoms with van der Waals surface area (Å²) < 4.78 is 0. The van der Waals surface area contributed by atoms with Crippen LogP contribution in [0.4, 0.5) is 0 Å². The van der Waals surface area contributed by atoms with E-state index in [9.17, 15) is 0 Å². The second-order valence-corrected chi connectivity index (χ2v) is 3.11. The highest BCUT2D eigenvalue weighted by Gasteiger charge is 2.22. The van der Waals surface area contributed by atoms with Crippen molar-refractivity contribution in [2.24, 2.45) is 5.73 Å². The molecule has 0 spiro atoms. The van der Waals surface area contributed by atoms with Gasteiger partial charge in [0.25, 0.3) is 0 Å². The molecule has 0 radical (unpaired) electrons. The number of hydrogen-bond donors (Lipinski definition) is 2. The first-order valence-corrected chi connectivity index (χ1v) is 4.53. The van der Waals surface area contributed by atoms with Gasteiger partial charge < -0.3 is 5.73 Å². The molecule has 0 aromatic heterocycles. The molecule has 1 heterocycles. The summed E-state index contributed by atoms with van der Waals surface area (Å²) in [6.45, 7) is 6.65. The number of rotatable bonds is 2. The largest absolute Gasteiger partial charge is 0.316 e. The number of nitrogens with two attached hydrogens (primary N) is 1. The Kier molecular flexibility index (Phi) is 3.30. The van der Waals surface area contributed by atoms with Gasteiger partial charge in [0.2, 0.25) is 0 Å². The van der Waals surface area contributed by atoms with Gasteiger partial charge in [0.15, 0.2) is 0 Å². The molecule has 3 N–H and O–H groups in total. The number of hydrogen-bond acceptors (Lipinski definition) is 3. The Bertz CT molecular complexity index is 116. The first-order chi connectivity index (χ1) is 5.27. The molecule has 0 bridgehead atoms. The molecule has 1 saturated heterocycles. The van der Waals surface area contributed by atoms with Crippen molar-refractivity contribution in [2.75, 3.05) is 13.1 Å². The summed E-state index contributed by atoms with van der Waals surface area (Å²) in [5.74, 6) is 0. The van der Waals surface area contributed by atoms with E-state index in [1.54, 1.807) is 0 Å². The van der Waals surface area contributed by atoms with Crippen molar-refractivity contribution in [3.63, 3.8) is 0 Å². The quantitative estimate of drug-likeness (QED) is 0.606. The van der Waals surface area contributed by atoms with Gasteiger partial charge >= 0.3 is 0 Å². The Labute approximate surface area is 68.9 Å². The topological polar surface area (TPSA) is 41.3 Å². The van der Waals surface area contributed by atoms with Crippen LogP contribution >= 0.6 is 0 Å². The van der Waals surface area contributed by atoms with Crippen LogP contribution in [0, 0.1) is 0 Å². The zero-order valence-electron chi connectivity index (χ0n) is 7.51. The molecule has 1 fully saturated rings. The zero-order valence-corrected chi connectivity index (χ0v) is 7.51. The molecule has 0 amide bonds. The van der Waals surface area contributed by atoms with Crippen LogP contribution in [0.1, 0.15) is 26.7 Å². The van der Waals surface area contributed by atoms with Crippen molar-refractivity contribution in [3.8, 4) is 0 Å². The van der Waals surface area contributed by atoms with Crippen LogP contribution in [0.5, 0.6) is 0 Å². The summed E-state index contributed by atoms with van der Waals surface area (Å²) in [5, 5.41) is 3.37. The molecule has 0 saturated carbocycles. The first kappa shape index (κ1) is 8.97. The van der Waals surface area contributed by atoms with Crippen LogP contribution in [0.25, 0.3) is 0 Å². The molecule has 2 atom stereocenters. The van der Waals surface area contributed by atoms with E-state index in [0.717, 1.165) is 25.9 Å². The summed E-state index contributed by atoms with van der Waals surface area (Å²) in [6, 6.07) is 0. The van der Waals surface area contributed by atoms with Gasteiger partial charge in [-0.05, 0) is 19.4 Å². The Morgan fingerprint density at radius 3 is 2.82 bits per heavy atom. The third-order valence-corrected chi connectivity index (χ3v) is 2.37. The Morgan fingerprint density at radius 2 is 2.27 bits per heavy atom. The SMILES string of the molecule is CCC1NC(N)CCN1CC. The predicted octanol–water partition coefficient (Wildman–Crippen LogP) is 0.323. The molecule has 11 heavy (non-hydrogen) atoms. The smallest absolute Gasteiger partial charge is 0.0606 e. The maximum Gasteiger partial charge on any atom is 0.0606 e. The van der Waals surface area contributed by atoms with Crippen molar-refractivity contribution >= 4 is 0 Å². The Morgan fingerprint density at radius 1 is 1.55 bits per heavy atom. The molecular formula is C8H19N3. The van der Waals surface area contributed by atoms with Gasteiger partial charge in [0, 0.05) is 6.54 Å². The molecule has 0 aliphatic carbocycles. The first-order valence-electron chi connectivity index (χ1n) is 4.53. The molecule has 66 valence electrons. The fraction of sp³-hybridized carbons (Fsp3) is 1.00. The molecule has 1 rings (SSSR count). The third kappa shape index (κ3) is 2.15. The maximum absolute atomic E-state index is 5.78. The van der Waals surface area contributed by atoms with Crippen LogP contribution in [0.2, 0.25) is 0 Å². The minimum Gasteiger partial charge on any atom is -0.316 e. The maximum atomic E-state index is 5.78. The van der Waals surface area contributed by atoms with Gasteiger partial charge in [0.1, 0.15) is 0 Å². The van der Waals surface area contributed by atoms with E-state index in [-0.39, 0.29) is 6.17 Å². The lowest BCUT2D eigenvalue weighted by molar-refractivity contribution is 0.107. The summed E-state index contributed by atoms with van der Waals surface area (Å²) in [4.78, 5) is 2.43. The standard InChI is InChI=1S/C8H19N3/c1-3-8-10-7(9)5-6-11(8)4-2/h7-8,10H,3-6,9H2,1-2H3. The lowest BCUT2D eigenvalue weighted by Crippen LogP contribution is -2.58. The van der Waals surface area contributed by atoms with Crippen molar-refractivity contribution in [1.29, 1.82) is 0 Å². The van der Waals surface area contributed by atoms with E-state index in [4.69, 9.17) is 5.73 Å². The Hall–Kier alpha value is -0.120. The lowest BCUT2D eigenvalue weighted by Gasteiger charge is -2.38. The predicted molar refractivity (Wildman–Crippen MR) is 47.1 cm³/mol.